The molecule has 0 bridgehead atoms. The molecule has 23 heavy (non-hydrogen) atoms. The van der Waals surface area contributed by atoms with Crippen molar-refractivity contribution in [2.45, 2.75) is 13.0 Å². The Bertz CT molecular complexity index is 843. The topological polar surface area (TPSA) is 59.2 Å². The van der Waals surface area contributed by atoms with Crippen LogP contribution in [0.2, 0.25) is 0 Å². The first kappa shape index (κ1) is 15.5. The van der Waals surface area contributed by atoms with E-state index in [9.17, 15) is 4.79 Å². The molecule has 116 valence electrons. The Kier molecular flexibility index (Phi) is 4.30. The van der Waals surface area contributed by atoms with Gasteiger partial charge in [0.1, 0.15) is 0 Å². The maximum Gasteiger partial charge on any atom is 0.319 e. The molecule has 5 heteroatoms. The molecule has 0 aliphatic heterocycles. The van der Waals surface area contributed by atoms with Gasteiger partial charge >= 0.3 is 6.03 Å². The van der Waals surface area contributed by atoms with E-state index >= 15 is 0 Å². The van der Waals surface area contributed by atoms with E-state index in [4.69, 9.17) is 5.73 Å². The molecule has 0 radical (unpaired) electrons. The molecule has 2 amide bonds. The zero-order valence-corrected chi connectivity index (χ0v) is 14.2. The number of anilines is 1. The molecule has 0 aliphatic carbocycles. The minimum atomic E-state index is -0.482. The van der Waals surface area contributed by atoms with Crippen LogP contribution < -0.4 is 10.6 Å². The number of nitrogens with zero attached hydrogens (tertiary/aromatic N) is 2. The van der Waals surface area contributed by atoms with E-state index in [2.05, 4.69) is 20.9 Å². The summed E-state index contributed by atoms with van der Waals surface area (Å²) < 4.78 is 0.996. The number of carbonyl (C=O) groups is 1. The molecular formula is C18H16BrN3O. The Balaban J connectivity index is 2.11. The summed E-state index contributed by atoms with van der Waals surface area (Å²) in [5, 5.41) is 1.92. The van der Waals surface area contributed by atoms with Crippen molar-refractivity contribution in [2.24, 2.45) is 5.73 Å². The van der Waals surface area contributed by atoms with Crippen LogP contribution >= 0.6 is 15.9 Å². The molecule has 1 atom stereocenters. The molecule has 0 spiro atoms. The maximum atomic E-state index is 12.1. The standard InChI is InChI=1S/C18H16BrN3O/c1-12(13-5-7-15(19)8-6-13)22(18(20)23)17-4-2-3-14-11-21-10-9-16(14)17/h2-12H,1H3,(H2,20,23). The van der Waals surface area contributed by atoms with Gasteiger partial charge in [-0.2, -0.15) is 0 Å². The first-order valence-corrected chi connectivity index (χ1v) is 8.04. The highest BCUT2D eigenvalue weighted by molar-refractivity contribution is 9.10. The van der Waals surface area contributed by atoms with Crippen molar-refractivity contribution in [2.75, 3.05) is 4.90 Å². The summed E-state index contributed by atoms with van der Waals surface area (Å²) in [6.45, 7) is 1.97. The molecule has 4 nitrogen and oxygen atoms in total. The number of primary amides is 1. The quantitative estimate of drug-likeness (QED) is 0.730. The SMILES string of the molecule is CC(c1ccc(Br)cc1)N(C(N)=O)c1cccc2cnccc12. The Labute approximate surface area is 143 Å². The molecular weight excluding hydrogens is 354 g/mol. The second kappa shape index (κ2) is 6.38. The summed E-state index contributed by atoms with van der Waals surface area (Å²) in [6, 6.07) is 14.9. The number of urea groups is 1. The number of rotatable bonds is 3. The van der Waals surface area contributed by atoms with Crippen LogP contribution in [0.15, 0.2) is 65.4 Å². The summed E-state index contributed by atoms with van der Waals surface area (Å²) in [5.74, 6) is 0. The fourth-order valence-corrected chi connectivity index (χ4v) is 2.99. The number of carbonyl (C=O) groups excluding carboxylic acids is 1. The van der Waals surface area contributed by atoms with Gasteiger partial charge in [0.15, 0.2) is 0 Å². The van der Waals surface area contributed by atoms with Crippen LogP contribution in [-0.2, 0) is 0 Å². The van der Waals surface area contributed by atoms with Gasteiger partial charge in [-0.15, -0.1) is 0 Å². The van der Waals surface area contributed by atoms with Crippen LogP contribution in [0.4, 0.5) is 10.5 Å². The van der Waals surface area contributed by atoms with Crippen molar-refractivity contribution in [1.29, 1.82) is 0 Å². The first-order valence-electron chi connectivity index (χ1n) is 7.25. The van der Waals surface area contributed by atoms with E-state index < -0.39 is 6.03 Å². The van der Waals surface area contributed by atoms with Crippen molar-refractivity contribution in [3.8, 4) is 0 Å². The maximum absolute atomic E-state index is 12.1. The number of benzene rings is 2. The second-order valence-corrected chi connectivity index (χ2v) is 6.23. The van der Waals surface area contributed by atoms with Gasteiger partial charge in [0, 0.05) is 27.6 Å². The third-order valence-electron chi connectivity index (χ3n) is 3.89. The van der Waals surface area contributed by atoms with Crippen molar-refractivity contribution >= 4 is 38.4 Å². The predicted octanol–water partition coefficient (Wildman–Crippen LogP) is 4.64. The minimum absolute atomic E-state index is 0.181. The van der Waals surface area contributed by atoms with Gasteiger partial charge in [-0.1, -0.05) is 40.2 Å². The van der Waals surface area contributed by atoms with Crippen LogP contribution in [0.3, 0.4) is 0 Å². The number of halogens is 1. The molecule has 0 saturated heterocycles. The van der Waals surface area contributed by atoms with Crippen molar-refractivity contribution < 1.29 is 4.79 Å². The van der Waals surface area contributed by atoms with E-state index in [-0.39, 0.29) is 6.04 Å². The molecule has 0 fully saturated rings. The molecule has 1 aromatic heterocycles. The zero-order valence-electron chi connectivity index (χ0n) is 12.6. The average molecular weight is 370 g/mol. The highest BCUT2D eigenvalue weighted by atomic mass is 79.9. The van der Waals surface area contributed by atoms with E-state index in [0.717, 1.165) is 26.5 Å². The molecule has 3 rings (SSSR count). The van der Waals surface area contributed by atoms with Gasteiger partial charge in [-0.05, 0) is 36.8 Å². The lowest BCUT2D eigenvalue weighted by Crippen LogP contribution is -2.38. The Morgan fingerprint density at radius 1 is 1.17 bits per heavy atom. The predicted molar refractivity (Wildman–Crippen MR) is 96.4 cm³/mol. The van der Waals surface area contributed by atoms with Crippen LogP contribution in [0.1, 0.15) is 18.5 Å². The van der Waals surface area contributed by atoms with Crippen LogP contribution in [0.5, 0.6) is 0 Å². The van der Waals surface area contributed by atoms with E-state index in [0.29, 0.717) is 0 Å². The van der Waals surface area contributed by atoms with Crippen LogP contribution in [0, 0.1) is 0 Å². The lowest BCUT2D eigenvalue weighted by atomic mass is 10.0. The molecule has 0 aliphatic rings. The van der Waals surface area contributed by atoms with Gasteiger partial charge in [-0.25, -0.2) is 4.79 Å². The lowest BCUT2D eigenvalue weighted by molar-refractivity contribution is 0.252. The highest BCUT2D eigenvalue weighted by Crippen LogP contribution is 2.32. The van der Waals surface area contributed by atoms with Crippen LogP contribution in [0.25, 0.3) is 10.8 Å². The van der Waals surface area contributed by atoms with E-state index in [1.54, 1.807) is 17.3 Å². The van der Waals surface area contributed by atoms with E-state index in [1.807, 2.05) is 55.5 Å². The zero-order chi connectivity index (χ0) is 16.4. The fourth-order valence-electron chi connectivity index (χ4n) is 2.72. The Hall–Kier alpha value is -2.40. The monoisotopic (exact) mass is 369 g/mol. The fraction of sp³-hybridized carbons (Fsp3) is 0.111. The smallest absolute Gasteiger partial charge is 0.319 e. The number of hydrogen-bond acceptors (Lipinski definition) is 2. The van der Waals surface area contributed by atoms with Crippen LogP contribution in [-0.4, -0.2) is 11.0 Å². The number of amides is 2. The molecule has 2 aromatic carbocycles. The van der Waals surface area contributed by atoms with Gasteiger partial charge in [0.2, 0.25) is 0 Å². The van der Waals surface area contributed by atoms with Gasteiger partial charge in [-0.3, -0.25) is 9.88 Å². The average Bonchev–Trinajstić information content (AvgIpc) is 2.55. The minimum Gasteiger partial charge on any atom is -0.351 e. The first-order chi connectivity index (χ1) is 11.1. The molecule has 1 unspecified atom stereocenters. The van der Waals surface area contributed by atoms with Gasteiger partial charge in [0.05, 0.1) is 11.7 Å². The molecule has 1 heterocycles. The number of pyridine rings is 1. The summed E-state index contributed by atoms with van der Waals surface area (Å²) in [4.78, 5) is 17.9. The largest absolute Gasteiger partial charge is 0.351 e. The number of fused-ring (bicyclic) bond motifs is 1. The highest BCUT2D eigenvalue weighted by Gasteiger charge is 2.22. The van der Waals surface area contributed by atoms with Crippen molar-refractivity contribution in [3.05, 3.63) is 71.0 Å². The lowest BCUT2D eigenvalue weighted by Gasteiger charge is -2.29. The number of aromatic nitrogens is 1. The summed E-state index contributed by atoms with van der Waals surface area (Å²) in [7, 11) is 0. The summed E-state index contributed by atoms with van der Waals surface area (Å²) in [6.07, 6.45) is 3.50. The molecule has 2 N–H and O–H groups in total. The van der Waals surface area contributed by atoms with Gasteiger partial charge < -0.3 is 5.73 Å². The summed E-state index contributed by atoms with van der Waals surface area (Å²) >= 11 is 3.43. The third-order valence-corrected chi connectivity index (χ3v) is 4.42. The Morgan fingerprint density at radius 3 is 2.61 bits per heavy atom. The second-order valence-electron chi connectivity index (χ2n) is 5.31. The molecule has 3 aromatic rings. The summed E-state index contributed by atoms with van der Waals surface area (Å²) in [5.41, 5.74) is 7.49. The van der Waals surface area contributed by atoms with Crippen molar-refractivity contribution in [3.63, 3.8) is 0 Å². The number of nitrogens with two attached hydrogens (primary N) is 1. The van der Waals surface area contributed by atoms with Crippen molar-refractivity contribution in [1.82, 2.24) is 4.98 Å². The van der Waals surface area contributed by atoms with E-state index in [1.165, 1.54) is 0 Å². The Morgan fingerprint density at radius 2 is 1.91 bits per heavy atom. The number of hydrogen-bond donors (Lipinski definition) is 1. The molecule has 0 saturated carbocycles. The normalized spacial score (nSPS) is 12.1. The third kappa shape index (κ3) is 3.05. The van der Waals surface area contributed by atoms with Gasteiger partial charge in [0.25, 0.3) is 0 Å².